The van der Waals surface area contributed by atoms with Gasteiger partial charge in [-0.15, -0.1) is 6.58 Å². The molecular formula is C33H46FN3O4Si2. The minimum absolute atomic E-state index is 0.0306. The van der Waals surface area contributed by atoms with Gasteiger partial charge in [-0.1, -0.05) is 108 Å². The Morgan fingerprint density at radius 1 is 1.00 bits per heavy atom. The Bertz CT molecular complexity index is 1430. The minimum atomic E-state index is -3.04. The molecule has 2 N–H and O–H groups in total. The standard InChI is InChI=1S/C33H46FN3O4Si2/c1-10-33(23-39-43(32(5,6)7,24-17-13-11-14-18-24)25-19-15-12-16-20-25)28(41-42(8,9)31(2,3)4)27(34)29(40-33)37-22-21-26(35)36-30(37)38/h10-22,27-29H,1,23H2,2-9H3,(H2,35,36,38)/t27-,28+,29-,33-/m1/s1. The third-order valence-corrected chi connectivity index (χ3v) is 18.5. The van der Waals surface area contributed by atoms with Crippen molar-refractivity contribution in [2.45, 2.75) is 88.8 Å². The van der Waals surface area contributed by atoms with Gasteiger partial charge in [0.15, 0.2) is 20.7 Å². The van der Waals surface area contributed by atoms with Crippen molar-refractivity contribution in [3.05, 3.63) is 96.1 Å². The summed E-state index contributed by atoms with van der Waals surface area (Å²) in [5.41, 5.74) is 3.62. The highest BCUT2D eigenvalue weighted by Gasteiger charge is 2.60. The van der Waals surface area contributed by atoms with Crippen molar-refractivity contribution in [1.82, 2.24) is 9.55 Å². The first-order chi connectivity index (χ1) is 20.0. The largest absolute Gasteiger partial charge is 0.407 e. The Kier molecular flexibility index (Phi) is 9.13. The molecule has 1 saturated heterocycles. The van der Waals surface area contributed by atoms with Crippen LogP contribution >= 0.6 is 0 Å². The summed E-state index contributed by atoms with van der Waals surface area (Å²) in [4.78, 5) is 16.7. The maximum absolute atomic E-state index is 16.8. The second kappa shape index (κ2) is 11.9. The van der Waals surface area contributed by atoms with Gasteiger partial charge in [0.2, 0.25) is 0 Å². The average Bonchev–Trinajstić information content (AvgIpc) is 3.20. The van der Waals surface area contributed by atoms with E-state index in [2.05, 4.69) is 90.5 Å². The molecule has 7 nitrogen and oxygen atoms in total. The normalized spacial score (nSPS) is 23.3. The van der Waals surface area contributed by atoms with Gasteiger partial charge < -0.3 is 19.3 Å². The van der Waals surface area contributed by atoms with Crippen molar-refractivity contribution in [3.63, 3.8) is 0 Å². The van der Waals surface area contributed by atoms with E-state index in [-0.39, 0.29) is 22.5 Å². The van der Waals surface area contributed by atoms with Gasteiger partial charge in [-0.25, -0.2) is 9.18 Å². The Balaban J connectivity index is 1.87. The van der Waals surface area contributed by atoms with Crippen LogP contribution in [0.2, 0.25) is 23.2 Å². The Hall–Kier alpha value is -2.90. The number of benzene rings is 2. The molecular weight excluding hydrogens is 578 g/mol. The van der Waals surface area contributed by atoms with Crippen LogP contribution in [0.3, 0.4) is 0 Å². The molecule has 4 atom stereocenters. The first-order valence-corrected chi connectivity index (χ1v) is 19.5. The van der Waals surface area contributed by atoms with Crippen LogP contribution in [-0.4, -0.2) is 50.7 Å². The Labute approximate surface area is 257 Å². The summed E-state index contributed by atoms with van der Waals surface area (Å²) >= 11 is 0. The van der Waals surface area contributed by atoms with Gasteiger partial charge in [0.25, 0.3) is 8.32 Å². The summed E-state index contributed by atoms with van der Waals surface area (Å²) in [7, 11) is -5.58. The Morgan fingerprint density at radius 2 is 1.53 bits per heavy atom. The number of ether oxygens (including phenoxy) is 1. The lowest BCUT2D eigenvalue weighted by atomic mass is 9.97. The van der Waals surface area contributed by atoms with Crippen molar-refractivity contribution in [2.75, 3.05) is 12.3 Å². The number of anilines is 1. The zero-order valence-electron chi connectivity index (χ0n) is 26.6. The number of nitrogens with two attached hydrogens (primary N) is 1. The van der Waals surface area contributed by atoms with E-state index in [1.54, 1.807) is 6.08 Å². The van der Waals surface area contributed by atoms with Crippen LogP contribution in [0.1, 0.15) is 47.8 Å². The molecule has 1 fully saturated rings. The molecule has 1 aromatic heterocycles. The van der Waals surface area contributed by atoms with E-state index < -0.39 is 46.4 Å². The number of rotatable bonds is 9. The van der Waals surface area contributed by atoms with Gasteiger partial charge in [-0.2, -0.15) is 4.98 Å². The summed E-state index contributed by atoms with van der Waals surface area (Å²) in [6.45, 7) is 21.1. The van der Waals surface area contributed by atoms with Crippen molar-refractivity contribution >= 4 is 32.8 Å². The van der Waals surface area contributed by atoms with E-state index in [4.69, 9.17) is 19.3 Å². The number of hydrogen-bond donors (Lipinski definition) is 1. The molecule has 43 heavy (non-hydrogen) atoms. The molecule has 0 spiro atoms. The molecule has 2 aromatic carbocycles. The second-order valence-electron chi connectivity index (χ2n) is 13.9. The topological polar surface area (TPSA) is 88.6 Å². The molecule has 232 valence electrons. The van der Waals surface area contributed by atoms with Crippen LogP contribution in [0, 0.1) is 0 Å². The van der Waals surface area contributed by atoms with E-state index in [0.29, 0.717) is 0 Å². The lowest BCUT2D eigenvalue weighted by Gasteiger charge is -2.46. The summed E-state index contributed by atoms with van der Waals surface area (Å²) in [6.07, 6.45) is -1.11. The van der Waals surface area contributed by atoms with Crippen LogP contribution in [0.25, 0.3) is 0 Å². The van der Waals surface area contributed by atoms with Gasteiger partial charge >= 0.3 is 5.69 Å². The predicted molar refractivity (Wildman–Crippen MR) is 176 cm³/mol. The summed E-state index contributed by atoms with van der Waals surface area (Å²) < 4.78 is 38.5. The molecule has 3 aromatic rings. The van der Waals surface area contributed by atoms with E-state index in [1.807, 2.05) is 36.4 Å². The molecule has 0 saturated carbocycles. The number of nitrogens with zero attached hydrogens (tertiary/aromatic N) is 2. The maximum atomic E-state index is 16.8. The smallest absolute Gasteiger partial charge is 0.351 e. The highest BCUT2D eigenvalue weighted by Crippen LogP contribution is 2.47. The van der Waals surface area contributed by atoms with Crippen LogP contribution in [0.4, 0.5) is 10.2 Å². The SMILES string of the molecule is C=C[C@]1(CO[Si](c2ccccc2)(c2ccccc2)C(C)(C)C)O[C@@H](n2ccc(N)nc2=O)[C@H](F)[C@@H]1O[Si](C)(C)C(C)(C)C. The van der Waals surface area contributed by atoms with E-state index >= 15 is 4.39 Å². The number of alkyl halides is 1. The highest BCUT2D eigenvalue weighted by atomic mass is 28.4. The van der Waals surface area contributed by atoms with Crippen molar-refractivity contribution in [2.24, 2.45) is 0 Å². The fourth-order valence-corrected chi connectivity index (χ4v) is 11.5. The van der Waals surface area contributed by atoms with E-state index in [1.165, 1.54) is 12.3 Å². The zero-order chi connectivity index (χ0) is 31.8. The monoisotopic (exact) mass is 623 g/mol. The minimum Gasteiger partial charge on any atom is -0.407 e. The number of halogens is 1. The van der Waals surface area contributed by atoms with Gasteiger partial charge in [0.1, 0.15) is 17.5 Å². The van der Waals surface area contributed by atoms with Gasteiger partial charge in [0.05, 0.1) is 6.61 Å². The first-order valence-electron chi connectivity index (χ1n) is 14.7. The average molecular weight is 624 g/mol. The summed E-state index contributed by atoms with van der Waals surface area (Å²) in [5.74, 6) is 0.0497. The number of nitrogen functional groups attached to an aromatic ring is 1. The van der Waals surface area contributed by atoms with Crippen LogP contribution < -0.4 is 21.8 Å². The molecule has 0 unspecified atom stereocenters. The molecule has 10 heteroatoms. The lowest BCUT2D eigenvalue weighted by molar-refractivity contribution is -0.0928. The van der Waals surface area contributed by atoms with E-state index in [0.717, 1.165) is 14.9 Å². The predicted octanol–water partition coefficient (Wildman–Crippen LogP) is 5.58. The first kappa shape index (κ1) is 33.0. The highest BCUT2D eigenvalue weighted by molar-refractivity contribution is 6.99. The molecule has 0 bridgehead atoms. The fourth-order valence-electron chi connectivity index (χ4n) is 5.59. The van der Waals surface area contributed by atoms with E-state index in [9.17, 15) is 4.79 Å². The molecule has 0 radical (unpaired) electrons. The van der Waals surface area contributed by atoms with Crippen LogP contribution in [0.15, 0.2) is 90.4 Å². The molecule has 1 aliphatic heterocycles. The summed E-state index contributed by atoms with van der Waals surface area (Å²) in [5, 5.41) is 1.63. The molecule has 2 heterocycles. The molecule has 1 aliphatic rings. The lowest BCUT2D eigenvalue weighted by Crippen LogP contribution is -2.68. The molecule has 0 aliphatic carbocycles. The molecule has 0 amide bonds. The maximum Gasteiger partial charge on any atom is 0.351 e. The van der Waals surface area contributed by atoms with Gasteiger partial charge in [-0.05, 0) is 39.6 Å². The third kappa shape index (κ3) is 6.08. The Morgan fingerprint density at radius 3 is 1.98 bits per heavy atom. The fraction of sp³-hybridized carbons (Fsp3) is 0.455. The third-order valence-electron chi connectivity index (χ3n) is 9.01. The number of aromatic nitrogens is 2. The van der Waals surface area contributed by atoms with Crippen LogP contribution in [-0.2, 0) is 13.6 Å². The van der Waals surface area contributed by atoms with Crippen molar-refractivity contribution < 1.29 is 18.0 Å². The van der Waals surface area contributed by atoms with Gasteiger partial charge in [-0.3, -0.25) is 4.57 Å². The zero-order valence-corrected chi connectivity index (χ0v) is 28.6. The molecule has 4 rings (SSSR count). The van der Waals surface area contributed by atoms with Crippen LogP contribution in [0.5, 0.6) is 0 Å². The van der Waals surface area contributed by atoms with Crippen molar-refractivity contribution in [3.8, 4) is 0 Å². The second-order valence-corrected chi connectivity index (χ2v) is 23.0. The summed E-state index contributed by atoms with van der Waals surface area (Å²) in [6, 6.07) is 21.9. The quantitative estimate of drug-likeness (QED) is 0.247. The van der Waals surface area contributed by atoms with Gasteiger partial charge in [0, 0.05) is 6.20 Å². The number of hydrogen-bond acceptors (Lipinski definition) is 6. The van der Waals surface area contributed by atoms with Crippen molar-refractivity contribution in [1.29, 1.82) is 0 Å².